The summed E-state index contributed by atoms with van der Waals surface area (Å²) in [6, 6.07) is 5.28. The summed E-state index contributed by atoms with van der Waals surface area (Å²) in [6.45, 7) is 1.74. The summed E-state index contributed by atoms with van der Waals surface area (Å²) >= 11 is 0. The maximum Gasteiger partial charge on any atom is 0.231 e. The molecule has 2 N–H and O–H groups in total. The summed E-state index contributed by atoms with van der Waals surface area (Å²) in [5.41, 5.74) is 6.41. The Kier molecular flexibility index (Phi) is 2.29. The van der Waals surface area contributed by atoms with Crippen LogP contribution in [0.2, 0.25) is 0 Å². The first kappa shape index (κ1) is 10.8. The minimum absolute atomic E-state index is 0.157. The van der Waals surface area contributed by atoms with Crippen LogP contribution in [-0.2, 0) is 0 Å². The average Bonchev–Trinajstić information content (AvgIpc) is 2.82. The SMILES string of the molecule is Cc1nc(-c2ccc3c(c2)OCO3)nc(N)c1F. The molecule has 2 aromatic rings. The largest absolute Gasteiger partial charge is 0.454 e. The molecule has 0 aliphatic carbocycles. The zero-order valence-electron chi connectivity index (χ0n) is 9.61. The second-order valence-electron chi connectivity index (χ2n) is 3.90. The Bertz CT molecular complexity index is 608. The van der Waals surface area contributed by atoms with E-state index < -0.39 is 5.82 Å². The van der Waals surface area contributed by atoms with Crippen molar-refractivity contribution in [2.24, 2.45) is 0 Å². The van der Waals surface area contributed by atoms with Crippen LogP contribution in [-0.4, -0.2) is 16.8 Å². The molecule has 0 saturated carbocycles. The van der Waals surface area contributed by atoms with E-state index in [9.17, 15) is 4.39 Å². The summed E-state index contributed by atoms with van der Waals surface area (Å²) in [4.78, 5) is 7.99. The van der Waals surface area contributed by atoms with E-state index in [1.54, 1.807) is 25.1 Å². The van der Waals surface area contributed by atoms with E-state index in [2.05, 4.69) is 9.97 Å². The van der Waals surface area contributed by atoms with Gasteiger partial charge in [0.25, 0.3) is 0 Å². The Morgan fingerprint density at radius 1 is 1.22 bits per heavy atom. The number of fused-ring (bicyclic) bond motifs is 1. The normalized spacial score (nSPS) is 12.8. The number of nitrogens with two attached hydrogens (primary N) is 1. The van der Waals surface area contributed by atoms with Crippen LogP contribution in [0.4, 0.5) is 10.2 Å². The van der Waals surface area contributed by atoms with Crippen LogP contribution in [0.1, 0.15) is 5.69 Å². The van der Waals surface area contributed by atoms with E-state index in [4.69, 9.17) is 15.2 Å². The first-order valence-electron chi connectivity index (χ1n) is 5.35. The number of benzene rings is 1. The number of anilines is 1. The van der Waals surface area contributed by atoms with E-state index in [0.717, 1.165) is 0 Å². The van der Waals surface area contributed by atoms with Gasteiger partial charge in [-0.1, -0.05) is 0 Å². The van der Waals surface area contributed by atoms with Crippen molar-refractivity contribution in [3.05, 3.63) is 29.7 Å². The number of aryl methyl sites for hydroxylation is 1. The van der Waals surface area contributed by atoms with Crippen LogP contribution in [0.3, 0.4) is 0 Å². The highest BCUT2D eigenvalue weighted by Gasteiger charge is 2.16. The van der Waals surface area contributed by atoms with Crippen molar-refractivity contribution in [2.45, 2.75) is 6.92 Å². The number of ether oxygens (including phenoxy) is 2. The Morgan fingerprint density at radius 2 is 2.00 bits per heavy atom. The van der Waals surface area contributed by atoms with E-state index >= 15 is 0 Å². The number of rotatable bonds is 1. The van der Waals surface area contributed by atoms with E-state index in [1.165, 1.54) is 0 Å². The number of nitrogens with zero attached hydrogens (tertiary/aromatic N) is 2. The molecule has 0 saturated heterocycles. The van der Waals surface area contributed by atoms with Gasteiger partial charge in [0.1, 0.15) is 0 Å². The summed E-state index contributed by atoms with van der Waals surface area (Å²) in [7, 11) is 0. The molecule has 0 radical (unpaired) electrons. The van der Waals surface area contributed by atoms with Gasteiger partial charge in [-0.3, -0.25) is 0 Å². The summed E-state index contributed by atoms with van der Waals surface area (Å²) in [5, 5.41) is 0. The Hall–Kier alpha value is -2.37. The maximum absolute atomic E-state index is 13.4. The van der Waals surface area contributed by atoms with Crippen molar-refractivity contribution >= 4 is 5.82 Å². The fraction of sp³-hybridized carbons (Fsp3) is 0.167. The third kappa shape index (κ3) is 1.62. The second-order valence-corrected chi connectivity index (χ2v) is 3.90. The topological polar surface area (TPSA) is 70.3 Å². The lowest BCUT2D eigenvalue weighted by molar-refractivity contribution is 0.174. The molecule has 6 heteroatoms. The Balaban J connectivity index is 2.10. The van der Waals surface area contributed by atoms with Crippen LogP contribution in [0, 0.1) is 12.7 Å². The summed E-state index contributed by atoms with van der Waals surface area (Å²) < 4.78 is 23.8. The molecular weight excluding hydrogens is 237 g/mol. The summed E-state index contributed by atoms with van der Waals surface area (Å²) in [6.07, 6.45) is 0. The molecule has 1 aromatic carbocycles. The minimum Gasteiger partial charge on any atom is -0.454 e. The molecule has 0 amide bonds. The Morgan fingerprint density at radius 3 is 2.78 bits per heavy atom. The van der Waals surface area contributed by atoms with Gasteiger partial charge in [0.2, 0.25) is 6.79 Å². The molecule has 18 heavy (non-hydrogen) atoms. The standard InChI is InChI=1S/C12H10FN3O2/c1-6-10(13)11(14)16-12(15-6)7-2-3-8-9(4-7)18-5-17-8/h2-4H,5H2,1H3,(H2,14,15,16). The molecular formula is C12H10FN3O2. The third-order valence-electron chi connectivity index (χ3n) is 2.67. The molecule has 0 bridgehead atoms. The first-order chi connectivity index (χ1) is 8.65. The lowest BCUT2D eigenvalue weighted by Crippen LogP contribution is -2.02. The molecule has 0 atom stereocenters. The molecule has 3 rings (SSSR count). The molecule has 5 nitrogen and oxygen atoms in total. The van der Waals surface area contributed by atoms with Gasteiger partial charge in [-0.2, -0.15) is 0 Å². The molecule has 0 fully saturated rings. The fourth-order valence-electron chi connectivity index (χ4n) is 1.75. The van der Waals surface area contributed by atoms with Gasteiger partial charge in [0.15, 0.2) is 29.0 Å². The highest BCUT2D eigenvalue weighted by Crippen LogP contribution is 2.35. The minimum atomic E-state index is -0.584. The zero-order valence-corrected chi connectivity index (χ0v) is 9.61. The molecule has 1 aliphatic rings. The van der Waals surface area contributed by atoms with Gasteiger partial charge in [-0.15, -0.1) is 0 Å². The van der Waals surface area contributed by atoms with Crippen molar-refractivity contribution in [1.29, 1.82) is 0 Å². The van der Waals surface area contributed by atoms with E-state index in [1.807, 2.05) is 0 Å². The Labute approximate surface area is 102 Å². The van der Waals surface area contributed by atoms with Crippen molar-refractivity contribution in [2.75, 3.05) is 12.5 Å². The quantitative estimate of drug-likeness (QED) is 0.833. The number of halogens is 1. The third-order valence-corrected chi connectivity index (χ3v) is 2.67. The van der Waals surface area contributed by atoms with Crippen LogP contribution < -0.4 is 15.2 Å². The van der Waals surface area contributed by atoms with Gasteiger partial charge in [0, 0.05) is 5.56 Å². The van der Waals surface area contributed by atoms with Crippen LogP contribution in [0.15, 0.2) is 18.2 Å². The maximum atomic E-state index is 13.4. The molecule has 92 valence electrons. The highest BCUT2D eigenvalue weighted by atomic mass is 19.1. The summed E-state index contributed by atoms with van der Waals surface area (Å²) in [5.74, 6) is 0.918. The molecule has 1 aromatic heterocycles. The number of nitrogen functional groups attached to an aromatic ring is 1. The van der Waals surface area contributed by atoms with Gasteiger partial charge < -0.3 is 15.2 Å². The molecule has 1 aliphatic heterocycles. The second kappa shape index (κ2) is 3.83. The van der Waals surface area contributed by atoms with E-state index in [-0.39, 0.29) is 18.3 Å². The zero-order chi connectivity index (χ0) is 12.7. The predicted molar refractivity (Wildman–Crippen MR) is 62.7 cm³/mol. The van der Waals surface area contributed by atoms with E-state index in [0.29, 0.717) is 22.9 Å². The lowest BCUT2D eigenvalue weighted by atomic mass is 10.2. The predicted octanol–water partition coefficient (Wildman–Crippen LogP) is 1.90. The van der Waals surface area contributed by atoms with Gasteiger partial charge in [-0.25, -0.2) is 14.4 Å². The monoisotopic (exact) mass is 247 g/mol. The van der Waals surface area contributed by atoms with Gasteiger partial charge >= 0.3 is 0 Å². The molecule has 0 unspecified atom stereocenters. The van der Waals surface area contributed by atoms with Crippen molar-refractivity contribution in [3.63, 3.8) is 0 Å². The van der Waals surface area contributed by atoms with Crippen molar-refractivity contribution < 1.29 is 13.9 Å². The van der Waals surface area contributed by atoms with Crippen molar-refractivity contribution in [3.8, 4) is 22.9 Å². The number of hydrogen-bond donors (Lipinski definition) is 1. The lowest BCUT2D eigenvalue weighted by Gasteiger charge is -2.05. The fourth-order valence-corrected chi connectivity index (χ4v) is 1.75. The molecule has 2 heterocycles. The molecule has 0 spiro atoms. The highest BCUT2D eigenvalue weighted by molar-refractivity contribution is 5.62. The number of hydrogen-bond acceptors (Lipinski definition) is 5. The van der Waals surface area contributed by atoms with Crippen molar-refractivity contribution in [1.82, 2.24) is 9.97 Å². The number of aromatic nitrogens is 2. The van der Waals surface area contributed by atoms with Crippen LogP contribution >= 0.6 is 0 Å². The van der Waals surface area contributed by atoms with Gasteiger partial charge in [0.05, 0.1) is 5.69 Å². The van der Waals surface area contributed by atoms with Crippen LogP contribution in [0.5, 0.6) is 11.5 Å². The first-order valence-corrected chi connectivity index (χ1v) is 5.35. The van der Waals surface area contributed by atoms with Gasteiger partial charge in [-0.05, 0) is 25.1 Å². The van der Waals surface area contributed by atoms with Crippen LogP contribution in [0.25, 0.3) is 11.4 Å². The average molecular weight is 247 g/mol. The smallest absolute Gasteiger partial charge is 0.231 e.